The fourth-order valence-electron chi connectivity index (χ4n) is 2.16. The van der Waals surface area contributed by atoms with Crippen molar-refractivity contribution in [1.82, 2.24) is 15.0 Å². The van der Waals surface area contributed by atoms with Crippen LogP contribution in [-0.2, 0) is 6.42 Å². The molecule has 2 heterocycles. The summed E-state index contributed by atoms with van der Waals surface area (Å²) in [5, 5.41) is 6.34. The van der Waals surface area contributed by atoms with Crippen LogP contribution in [0.5, 0.6) is 0 Å². The molecule has 2 aromatic heterocycles. The second-order valence-corrected chi connectivity index (χ2v) is 4.99. The zero-order valence-electron chi connectivity index (χ0n) is 12.6. The number of rotatable bonds is 6. The fourth-order valence-corrected chi connectivity index (χ4v) is 2.16. The number of nitrogens with two attached hydrogens (primary N) is 1. The molecule has 0 unspecified atom stereocenters. The first-order valence-electron chi connectivity index (χ1n) is 7.39. The van der Waals surface area contributed by atoms with E-state index in [9.17, 15) is 0 Å². The fraction of sp³-hybridized carbons (Fsp3) is 0.118. The number of pyridine rings is 1. The third-order valence-electron chi connectivity index (χ3n) is 3.34. The van der Waals surface area contributed by atoms with Gasteiger partial charge in [-0.15, -0.1) is 0 Å². The van der Waals surface area contributed by atoms with Gasteiger partial charge in [0.1, 0.15) is 17.8 Å². The molecule has 0 radical (unpaired) electrons. The summed E-state index contributed by atoms with van der Waals surface area (Å²) in [5.41, 5.74) is 7.87. The molecule has 0 aliphatic carbocycles. The van der Waals surface area contributed by atoms with Crippen LogP contribution in [0.15, 0.2) is 61.1 Å². The van der Waals surface area contributed by atoms with E-state index in [0.717, 1.165) is 13.0 Å². The Labute approximate surface area is 134 Å². The molecule has 6 nitrogen and oxygen atoms in total. The van der Waals surface area contributed by atoms with E-state index in [1.807, 2.05) is 36.4 Å². The summed E-state index contributed by atoms with van der Waals surface area (Å²) in [6, 6.07) is 15.9. The van der Waals surface area contributed by atoms with Gasteiger partial charge in [-0.25, -0.2) is 15.0 Å². The normalized spacial score (nSPS) is 10.3. The van der Waals surface area contributed by atoms with Crippen molar-refractivity contribution >= 4 is 23.1 Å². The second-order valence-electron chi connectivity index (χ2n) is 4.99. The number of nitrogens with zero attached hydrogens (tertiary/aromatic N) is 3. The lowest BCUT2D eigenvalue weighted by Gasteiger charge is -2.12. The number of benzene rings is 1. The predicted molar refractivity (Wildman–Crippen MR) is 92.6 cm³/mol. The molecule has 1 aromatic carbocycles. The highest BCUT2D eigenvalue weighted by atomic mass is 15.1. The molecule has 0 aliphatic rings. The summed E-state index contributed by atoms with van der Waals surface area (Å²) in [4.78, 5) is 12.6. The van der Waals surface area contributed by atoms with Gasteiger partial charge in [0.2, 0.25) is 0 Å². The van der Waals surface area contributed by atoms with Gasteiger partial charge in [-0.1, -0.05) is 36.4 Å². The molecular weight excluding hydrogens is 288 g/mol. The Morgan fingerprint density at radius 1 is 0.870 bits per heavy atom. The Morgan fingerprint density at radius 3 is 2.43 bits per heavy atom. The maximum atomic E-state index is 6.13. The maximum Gasteiger partial charge on any atom is 0.160 e. The van der Waals surface area contributed by atoms with Crippen molar-refractivity contribution in [3.63, 3.8) is 0 Å². The molecule has 4 N–H and O–H groups in total. The average molecular weight is 306 g/mol. The van der Waals surface area contributed by atoms with Crippen molar-refractivity contribution in [2.45, 2.75) is 6.42 Å². The van der Waals surface area contributed by atoms with Crippen molar-refractivity contribution in [3.8, 4) is 0 Å². The van der Waals surface area contributed by atoms with Gasteiger partial charge in [0.05, 0.1) is 0 Å². The molecule has 0 aliphatic heterocycles. The van der Waals surface area contributed by atoms with Crippen LogP contribution in [0.4, 0.5) is 23.1 Å². The number of anilines is 4. The van der Waals surface area contributed by atoms with Gasteiger partial charge < -0.3 is 16.4 Å². The number of hydrogen-bond donors (Lipinski definition) is 3. The SMILES string of the molecule is Nc1c(NCCc2ccccc2)ncnc1Nc1ccccn1. The van der Waals surface area contributed by atoms with E-state index in [4.69, 9.17) is 5.73 Å². The van der Waals surface area contributed by atoms with E-state index < -0.39 is 0 Å². The predicted octanol–water partition coefficient (Wildman–Crippen LogP) is 2.85. The minimum absolute atomic E-state index is 0.478. The monoisotopic (exact) mass is 306 g/mol. The lowest BCUT2D eigenvalue weighted by atomic mass is 10.1. The van der Waals surface area contributed by atoms with Crippen LogP contribution in [0.3, 0.4) is 0 Å². The van der Waals surface area contributed by atoms with E-state index in [0.29, 0.717) is 23.1 Å². The highest BCUT2D eigenvalue weighted by Crippen LogP contribution is 2.24. The number of nitrogen functional groups attached to an aromatic ring is 1. The zero-order valence-corrected chi connectivity index (χ0v) is 12.6. The van der Waals surface area contributed by atoms with E-state index >= 15 is 0 Å². The van der Waals surface area contributed by atoms with Gasteiger partial charge in [-0.05, 0) is 24.1 Å². The van der Waals surface area contributed by atoms with Gasteiger partial charge in [-0.2, -0.15) is 0 Å². The smallest absolute Gasteiger partial charge is 0.160 e. The van der Waals surface area contributed by atoms with Gasteiger partial charge in [0, 0.05) is 12.7 Å². The maximum absolute atomic E-state index is 6.13. The first kappa shape index (κ1) is 14.8. The molecule has 0 saturated carbocycles. The first-order chi connectivity index (χ1) is 11.3. The number of aromatic nitrogens is 3. The van der Waals surface area contributed by atoms with Crippen molar-refractivity contribution in [2.75, 3.05) is 22.9 Å². The lowest BCUT2D eigenvalue weighted by molar-refractivity contribution is 1.00. The lowest BCUT2D eigenvalue weighted by Crippen LogP contribution is -2.10. The van der Waals surface area contributed by atoms with Crippen LogP contribution in [0.2, 0.25) is 0 Å². The first-order valence-corrected chi connectivity index (χ1v) is 7.39. The van der Waals surface area contributed by atoms with E-state index in [2.05, 4.69) is 37.7 Å². The van der Waals surface area contributed by atoms with Gasteiger partial charge in [0.15, 0.2) is 11.6 Å². The quantitative estimate of drug-likeness (QED) is 0.649. The Bertz CT molecular complexity index is 746. The summed E-state index contributed by atoms with van der Waals surface area (Å²) >= 11 is 0. The van der Waals surface area contributed by atoms with Crippen LogP contribution in [0.25, 0.3) is 0 Å². The number of hydrogen-bond acceptors (Lipinski definition) is 6. The Balaban J connectivity index is 1.65. The molecule has 6 heteroatoms. The van der Waals surface area contributed by atoms with Crippen molar-refractivity contribution < 1.29 is 0 Å². The zero-order chi connectivity index (χ0) is 15.9. The molecular formula is C17H18N6. The van der Waals surface area contributed by atoms with Crippen LogP contribution >= 0.6 is 0 Å². The highest BCUT2D eigenvalue weighted by Gasteiger charge is 2.08. The molecule has 3 aromatic rings. The van der Waals surface area contributed by atoms with Gasteiger partial charge >= 0.3 is 0 Å². The van der Waals surface area contributed by atoms with Crippen molar-refractivity contribution in [1.29, 1.82) is 0 Å². The van der Waals surface area contributed by atoms with E-state index in [-0.39, 0.29) is 0 Å². The molecule has 0 saturated heterocycles. The van der Waals surface area contributed by atoms with Crippen LogP contribution in [-0.4, -0.2) is 21.5 Å². The standard InChI is InChI=1S/C17H18N6/c18-15-16(20-11-9-13-6-2-1-3-7-13)21-12-22-17(15)23-14-8-4-5-10-19-14/h1-8,10,12H,9,11,18H2,(H2,19,20,21,22,23). The van der Waals surface area contributed by atoms with Gasteiger partial charge in [-0.3, -0.25) is 0 Å². The van der Waals surface area contributed by atoms with Gasteiger partial charge in [0.25, 0.3) is 0 Å². The van der Waals surface area contributed by atoms with Crippen molar-refractivity contribution in [3.05, 3.63) is 66.6 Å². The molecule has 0 spiro atoms. The van der Waals surface area contributed by atoms with E-state index in [1.54, 1.807) is 6.20 Å². The summed E-state index contributed by atoms with van der Waals surface area (Å²) in [5.74, 6) is 1.85. The average Bonchev–Trinajstić information content (AvgIpc) is 2.60. The summed E-state index contributed by atoms with van der Waals surface area (Å²) in [6.45, 7) is 0.744. The molecule has 0 atom stereocenters. The van der Waals surface area contributed by atoms with Crippen LogP contribution in [0.1, 0.15) is 5.56 Å². The molecule has 23 heavy (non-hydrogen) atoms. The Kier molecular flexibility index (Phi) is 4.63. The van der Waals surface area contributed by atoms with Crippen LogP contribution < -0.4 is 16.4 Å². The molecule has 3 rings (SSSR count). The molecule has 116 valence electrons. The van der Waals surface area contributed by atoms with E-state index in [1.165, 1.54) is 11.9 Å². The Hall–Kier alpha value is -3.15. The third kappa shape index (κ3) is 3.94. The van der Waals surface area contributed by atoms with Crippen molar-refractivity contribution in [2.24, 2.45) is 0 Å². The third-order valence-corrected chi connectivity index (χ3v) is 3.34. The topological polar surface area (TPSA) is 88.8 Å². The summed E-state index contributed by atoms with van der Waals surface area (Å²) < 4.78 is 0. The summed E-state index contributed by atoms with van der Waals surface area (Å²) in [6.07, 6.45) is 4.08. The Morgan fingerprint density at radius 2 is 1.65 bits per heavy atom. The largest absolute Gasteiger partial charge is 0.393 e. The second kappa shape index (κ2) is 7.22. The minimum atomic E-state index is 0.478. The minimum Gasteiger partial charge on any atom is -0.393 e. The van der Waals surface area contributed by atoms with Crippen LogP contribution in [0, 0.1) is 0 Å². The summed E-state index contributed by atoms with van der Waals surface area (Å²) in [7, 11) is 0. The molecule has 0 fully saturated rings. The highest BCUT2D eigenvalue weighted by molar-refractivity contribution is 5.76. The number of nitrogens with one attached hydrogen (secondary N) is 2. The molecule has 0 amide bonds. The molecule has 0 bridgehead atoms.